The van der Waals surface area contributed by atoms with Crippen LogP contribution in [0.25, 0.3) is 11.1 Å². The highest BCUT2D eigenvalue weighted by molar-refractivity contribution is 5.80. The molecule has 1 atom stereocenters. The Kier molecular flexibility index (Phi) is 6.43. The average Bonchev–Trinajstić information content (AvgIpc) is 3.14. The third-order valence-corrected chi connectivity index (χ3v) is 5.56. The van der Waals surface area contributed by atoms with Crippen LogP contribution in [0.15, 0.2) is 78.9 Å². The molecule has 3 aromatic rings. The molecule has 0 fully saturated rings. The normalized spacial score (nSPS) is 13.2. The van der Waals surface area contributed by atoms with Gasteiger partial charge in [0.2, 0.25) is 0 Å². The lowest BCUT2D eigenvalue weighted by atomic mass is 9.98. The van der Waals surface area contributed by atoms with Crippen LogP contribution in [0.1, 0.15) is 35.4 Å². The van der Waals surface area contributed by atoms with E-state index in [0.717, 1.165) is 16.7 Å². The van der Waals surface area contributed by atoms with Crippen molar-refractivity contribution in [2.45, 2.75) is 31.4 Å². The minimum atomic E-state index is -0.865. The first-order valence-corrected chi connectivity index (χ1v) is 10.4. The molecule has 4 rings (SSSR count). The first-order chi connectivity index (χ1) is 15.1. The smallest absolute Gasteiger partial charge is 0.322 e. The van der Waals surface area contributed by atoms with Crippen LogP contribution in [0.2, 0.25) is 0 Å². The zero-order valence-electron chi connectivity index (χ0n) is 17.2. The van der Waals surface area contributed by atoms with Gasteiger partial charge in [0, 0.05) is 12.3 Å². The summed E-state index contributed by atoms with van der Waals surface area (Å²) in [6.45, 7) is 0.429. The summed E-state index contributed by atoms with van der Waals surface area (Å²) in [5, 5.41) is 0. The molecular formula is C26H25NO4. The van der Waals surface area contributed by atoms with E-state index in [1.54, 1.807) is 0 Å². The Morgan fingerprint density at radius 1 is 0.806 bits per heavy atom. The van der Waals surface area contributed by atoms with Crippen LogP contribution in [0.5, 0.6) is 0 Å². The van der Waals surface area contributed by atoms with Crippen molar-refractivity contribution in [2.24, 2.45) is 5.73 Å². The molecule has 31 heavy (non-hydrogen) atoms. The molecule has 0 radical (unpaired) electrons. The molecule has 0 heterocycles. The molecule has 1 aliphatic carbocycles. The van der Waals surface area contributed by atoms with Crippen molar-refractivity contribution in [3.63, 3.8) is 0 Å². The molecule has 0 amide bonds. The third-order valence-electron chi connectivity index (χ3n) is 5.56. The predicted molar refractivity (Wildman–Crippen MR) is 118 cm³/mol. The summed E-state index contributed by atoms with van der Waals surface area (Å²) >= 11 is 0. The van der Waals surface area contributed by atoms with Crippen LogP contribution in [0, 0.1) is 0 Å². The van der Waals surface area contributed by atoms with Crippen LogP contribution in [0.4, 0.5) is 0 Å². The maximum Gasteiger partial charge on any atom is 0.322 e. The molecule has 0 aromatic heterocycles. The molecule has 0 saturated heterocycles. The van der Waals surface area contributed by atoms with E-state index >= 15 is 0 Å². The Labute approximate surface area is 181 Å². The molecular weight excluding hydrogens is 390 g/mol. The number of esters is 2. The maximum absolute atomic E-state index is 12.4. The van der Waals surface area contributed by atoms with Crippen molar-refractivity contribution < 1.29 is 19.1 Å². The highest BCUT2D eigenvalue weighted by Crippen LogP contribution is 2.44. The van der Waals surface area contributed by atoms with Crippen molar-refractivity contribution in [2.75, 3.05) is 6.61 Å². The highest BCUT2D eigenvalue weighted by Gasteiger charge is 2.29. The largest absolute Gasteiger partial charge is 0.464 e. The van der Waals surface area contributed by atoms with Crippen LogP contribution >= 0.6 is 0 Å². The van der Waals surface area contributed by atoms with Gasteiger partial charge in [-0.3, -0.25) is 9.59 Å². The second-order valence-electron chi connectivity index (χ2n) is 7.65. The van der Waals surface area contributed by atoms with Gasteiger partial charge in [-0.15, -0.1) is 0 Å². The molecule has 0 unspecified atom stereocenters. The van der Waals surface area contributed by atoms with Gasteiger partial charge in [-0.25, -0.2) is 0 Å². The van der Waals surface area contributed by atoms with Gasteiger partial charge in [-0.2, -0.15) is 0 Å². The summed E-state index contributed by atoms with van der Waals surface area (Å²) in [7, 11) is 0. The lowest BCUT2D eigenvalue weighted by Crippen LogP contribution is -2.33. The summed E-state index contributed by atoms with van der Waals surface area (Å²) in [5.74, 6) is -0.900. The van der Waals surface area contributed by atoms with Gasteiger partial charge >= 0.3 is 11.9 Å². The van der Waals surface area contributed by atoms with E-state index in [0.29, 0.717) is 0 Å². The Hall–Kier alpha value is -3.44. The van der Waals surface area contributed by atoms with Crippen molar-refractivity contribution >= 4 is 11.9 Å². The van der Waals surface area contributed by atoms with Gasteiger partial charge in [-0.1, -0.05) is 78.9 Å². The second kappa shape index (κ2) is 9.58. The molecule has 2 N–H and O–H groups in total. The molecule has 5 heteroatoms. The summed E-state index contributed by atoms with van der Waals surface area (Å²) < 4.78 is 10.8. The number of carbonyl (C=O) groups is 2. The first kappa shape index (κ1) is 20.8. The van der Waals surface area contributed by atoms with Crippen molar-refractivity contribution in [3.05, 3.63) is 95.6 Å². The lowest BCUT2D eigenvalue weighted by Gasteiger charge is -2.16. The Bertz CT molecular complexity index is 1020. The van der Waals surface area contributed by atoms with Gasteiger partial charge in [0.05, 0.1) is 0 Å². The summed E-state index contributed by atoms with van der Waals surface area (Å²) in [5.41, 5.74) is 11.5. The Morgan fingerprint density at radius 2 is 1.39 bits per heavy atom. The monoisotopic (exact) mass is 415 g/mol. The first-order valence-electron chi connectivity index (χ1n) is 10.4. The molecule has 0 aliphatic heterocycles. The van der Waals surface area contributed by atoms with E-state index in [-0.39, 0.29) is 37.9 Å². The van der Waals surface area contributed by atoms with E-state index < -0.39 is 12.0 Å². The average molecular weight is 415 g/mol. The van der Waals surface area contributed by atoms with E-state index in [1.165, 1.54) is 11.1 Å². The number of ether oxygens (including phenoxy) is 2. The van der Waals surface area contributed by atoms with E-state index in [2.05, 4.69) is 24.3 Å². The zero-order valence-corrected chi connectivity index (χ0v) is 17.2. The number of fused-ring (bicyclic) bond motifs is 3. The van der Waals surface area contributed by atoms with E-state index in [4.69, 9.17) is 15.2 Å². The fourth-order valence-electron chi connectivity index (χ4n) is 3.91. The summed E-state index contributed by atoms with van der Waals surface area (Å²) in [4.78, 5) is 24.4. The number of hydrogen-bond acceptors (Lipinski definition) is 5. The Balaban J connectivity index is 1.27. The van der Waals surface area contributed by atoms with Crippen LogP contribution in [-0.2, 0) is 25.7 Å². The molecule has 158 valence electrons. The third kappa shape index (κ3) is 4.84. The van der Waals surface area contributed by atoms with Crippen molar-refractivity contribution in [1.82, 2.24) is 0 Å². The van der Waals surface area contributed by atoms with Crippen molar-refractivity contribution in [1.29, 1.82) is 0 Å². The standard InChI is InChI=1S/C26H25NO4/c27-24(14-15-25(28)30-16-18-8-2-1-3-9-18)26(29)31-17-23-21-12-6-4-10-19(21)20-11-5-7-13-22(20)23/h1-13,23-24H,14-17,27H2/t24-/m0/s1. The summed E-state index contributed by atoms with van der Waals surface area (Å²) in [6.07, 6.45) is 0.252. The number of nitrogens with two attached hydrogens (primary N) is 1. The minimum absolute atomic E-state index is 0.0145. The highest BCUT2D eigenvalue weighted by atomic mass is 16.5. The van der Waals surface area contributed by atoms with Gasteiger partial charge in [0.15, 0.2) is 0 Å². The van der Waals surface area contributed by atoms with Gasteiger partial charge < -0.3 is 15.2 Å². The predicted octanol–water partition coefficient (Wildman–Crippen LogP) is 4.19. The van der Waals surface area contributed by atoms with Gasteiger partial charge in [0.25, 0.3) is 0 Å². The second-order valence-corrected chi connectivity index (χ2v) is 7.65. The van der Waals surface area contributed by atoms with Crippen LogP contribution < -0.4 is 5.73 Å². The number of hydrogen-bond donors (Lipinski definition) is 1. The fourth-order valence-corrected chi connectivity index (χ4v) is 3.91. The SMILES string of the molecule is N[C@@H](CCC(=O)OCc1ccccc1)C(=O)OCC1c2ccccc2-c2ccccc21. The molecule has 0 bridgehead atoms. The summed E-state index contributed by atoms with van der Waals surface area (Å²) in [6, 6.07) is 24.9. The topological polar surface area (TPSA) is 78.6 Å². The van der Waals surface area contributed by atoms with Gasteiger partial charge in [0.1, 0.15) is 19.3 Å². The minimum Gasteiger partial charge on any atom is -0.464 e. The zero-order chi connectivity index (χ0) is 21.6. The Morgan fingerprint density at radius 3 is 2.03 bits per heavy atom. The van der Waals surface area contributed by atoms with Gasteiger partial charge in [-0.05, 0) is 34.2 Å². The fraction of sp³-hybridized carbons (Fsp3) is 0.231. The molecule has 1 aliphatic rings. The number of benzene rings is 3. The number of rotatable bonds is 8. The lowest BCUT2D eigenvalue weighted by molar-refractivity contribution is -0.147. The molecule has 0 saturated carbocycles. The maximum atomic E-state index is 12.4. The van der Waals surface area contributed by atoms with E-state index in [1.807, 2.05) is 54.6 Å². The van der Waals surface area contributed by atoms with Crippen molar-refractivity contribution in [3.8, 4) is 11.1 Å². The number of carbonyl (C=O) groups excluding carboxylic acids is 2. The molecule has 0 spiro atoms. The van der Waals surface area contributed by atoms with E-state index in [9.17, 15) is 9.59 Å². The quantitative estimate of drug-likeness (QED) is 0.558. The van der Waals surface area contributed by atoms with Crippen LogP contribution in [-0.4, -0.2) is 24.6 Å². The van der Waals surface area contributed by atoms with Crippen LogP contribution in [0.3, 0.4) is 0 Å². The molecule has 5 nitrogen and oxygen atoms in total. The molecule has 3 aromatic carbocycles.